The van der Waals surface area contributed by atoms with Crippen LogP contribution in [-0.2, 0) is 11.3 Å². The van der Waals surface area contributed by atoms with E-state index in [1.54, 1.807) is 12.3 Å². The molecule has 7 heteroatoms. The van der Waals surface area contributed by atoms with Gasteiger partial charge in [-0.2, -0.15) is 0 Å². The van der Waals surface area contributed by atoms with Crippen LogP contribution in [-0.4, -0.2) is 16.1 Å². The molecule has 0 bridgehead atoms. The smallest absolute Gasteiger partial charge is 0.338 e. The molecule has 1 aliphatic heterocycles. The molecule has 2 aromatic heterocycles. The van der Waals surface area contributed by atoms with Crippen molar-refractivity contribution < 1.29 is 14.1 Å². The number of fused-ring (bicyclic) bond motifs is 1. The summed E-state index contributed by atoms with van der Waals surface area (Å²) in [7, 11) is 0. The quantitative estimate of drug-likeness (QED) is 0.408. The van der Waals surface area contributed by atoms with Gasteiger partial charge in [-0.1, -0.05) is 17.1 Å². The van der Waals surface area contributed by atoms with E-state index >= 15 is 0 Å². The molecular weight excluding hydrogens is 374 g/mol. The highest BCUT2D eigenvalue weighted by Crippen LogP contribution is 2.26. The third-order valence-electron chi connectivity index (χ3n) is 4.53. The van der Waals surface area contributed by atoms with Gasteiger partial charge < -0.3 is 14.0 Å². The lowest BCUT2D eigenvalue weighted by molar-refractivity contribution is 0.0535. The van der Waals surface area contributed by atoms with Crippen molar-refractivity contribution in [1.82, 2.24) is 10.1 Å². The molecule has 0 radical (unpaired) electrons. The number of anilines is 1. The van der Waals surface area contributed by atoms with Crippen molar-refractivity contribution in [3.05, 3.63) is 69.7 Å². The van der Waals surface area contributed by atoms with Crippen LogP contribution < -0.4 is 4.72 Å². The minimum Gasteiger partial charge on any atom is -0.457 e. The summed E-state index contributed by atoms with van der Waals surface area (Å²) in [6.07, 6.45) is 1.70. The Morgan fingerprint density at radius 1 is 1.21 bits per heavy atom. The number of benzene rings is 1. The first kappa shape index (κ1) is 18.1. The summed E-state index contributed by atoms with van der Waals surface area (Å²) in [6.45, 7) is 6.11. The zero-order valence-corrected chi connectivity index (χ0v) is 16.4. The maximum Gasteiger partial charge on any atom is 0.338 e. The fraction of sp³-hybridized carbons (Fsp3) is 0.190. The van der Waals surface area contributed by atoms with Crippen LogP contribution in [0.25, 0.3) is 0 Å². The monoisotopic (exact) mass is 391 g/mol. The molecule has 1 N–H and O–H groups in total. The minimum absolute atomic E-state index is 0.297. The molecule has 0 aliphatic carbocycles. The number of hydrogen-bond acceptors (Lipinski definition) is 7. The van der Waals surface area contributed by atoms with Crippen molar-refractivity contribution in [1.29, 1.82) is 0 Å². The van der Waals surface area contributed by atoms with Gasteiger partial charge in [0, 0.05) is 22.9 Å². The normalized spacial score (nSPS) is 12.2. The molecule has 28 heavy (non-hydrogen) atoms. The highest BCUT2D eigenvalue weighted by atomic mass is 32.2. The van der Waals surface area contributed by atoms with Gasteiger partial charge in [-0.25, -0.2) is 9.78 Å². The first-order valence-electron chi connectivity index (χ1n) is 8.66. The van der Waals surface area contributed by atoms with Crippen LogP contribution in [0.15, 0.2) is 39.9 Å². The average molecular weight is 391 g/mol. The van der Waals surface area contributed by atoms with E-state index in [1.807, 2.05) is 39.0 Å². The lowest BCUT2D eigenvalue weighted by Crippen LogP contribution is -1.96. The summed E-state index contributed by atoms with van der Waals surface area (Å²) in [5.41, 5.74) is 4.88. The molecule has 0 spiro atoms. The van der Waals surface area contributed by atoms with E-state index in [1.165, 1.54) is 11.9 Å². The van der Waals surface area contributed by atoms with Crippen LogP contribution >= 0.6 is 11.9 Å². The van der Waals surface area contributed by atoms with Crippen molar-refractivity contribution >= 4 is 23.7 Å². The fourth-order valence-corrected chi connectivity index (χ4v) is 3.49. The van der Waals surface area contributed by atoms with Gasteiger partial charge in [-0.05, 0) is 62.4 Å². The van der Waals surface area contributed by atoms with Gasteiger partial charge in [0.05, 0.1) is 10.5 Å². The number of hydrogen-bond donors (Lipinski definition) is 1. The highest BCUT2D eigenvalue weighted by molar-refractivity contribution is 8.00. The lowest BCUT2D eigenvalue weighted by atomic mass is 10.0. The molecular formula is C21H17N3O3S. The largest absolute Gasteiger partial charge is 0.457 e. The average Bonchev–Trinajstić information content (AvgIpc) is 3.21. The molecule has 3 heterocycles. The number of carbonyl (C=O) groups is 1. The molecule has 3 aromatic rings. The van der Waals surface area contributed by atoms with Crippen molar-refractivity contribution in [2.45, 2.75) is 32.3 Å². The molecule has 0 saturated heterocycles. The Balaban J connectivity index is 1.60. The summed E-state index contributed by atoms with van der Waals surface area (Å²) in [4.78, 5) is 17.0. The van der Waals surface area contributed by atoms with E-state index in [9.17, 15) is 4.79 Å². The molecule has 0 amide bonds. The number of ether oxygens (including phenoxy) is 1. The van der Waals surface area contributed by atoms with Crippen molar-refractivity contribution in [3.8, 4) is 11.8 Å². The molecule has 140 valence electrons. The van der Waals surface area contributed by atoms with E-state index in [0.29, 0.717) is 23.7 Å². The summed E-state index contributed by atoms with van der Waals surface area (Å²) in [5.74, 6) is 7.41. The Kier molecular flexibility index (Phi) is 4.80. The second kappa shape index (κ2) is 7.41. The Morgan fingerprint density at radius 2 is 2.07 bits per heavy atom. The second-order valence-corrected chi connectivity index (χ2v) is 7.27. The maximum absolute atomic E-state index is 11.8. The SMILES string of the molecule is Cc1cc2c(cc1C#Cc1ncccc1SNc1noc(C)c1C)C(=O)OC2. The summed E-state index contributed by atoms with van der Waals surface area (Å²) < 4.78 is 13.4. The van der Waals surface area contributed by atoms with E-state index in [0.717, 1.165) is 32.9 Å². The van der Waals surface area contributed by atoms with E-state index in [-0.39, 0.29) is 5.97 Å². The number of nitrogens with zero attached hydrogens (tertiary/aromatic N) is 2. The van der Waals surface area contributed by atoms with Crippen LogP contribution in [0.4, 0.5) is 5.82 Å². The molecule has 0 unspecified atom stereocenters. The van der Waals surface area contributed by atoms with Gasteiger partial charge in [0.1, 0.15) is 18.1 Å². The number of pyridine rings is 1. The molecule has 0 fully saturated rings. The van der Waals surface area contributed by atoms with E-state index in [4.69, 9.17) is 9.26 Å². The third-order valence-corrected chi connectivity index (χ3v) is 5.37. The molecule has 6 nitrogen and oxygen atoms in total. The predicted molar refractivity (Wildman–Crippen MR) is 106 cm³/mol. The van der Waals surface area contributed by atoms with Crippen LogP contribution in [0.1, 0.15) is 44.1 Å². The van der Waals surface area contributed by atoms with Gasteiger partial charge in [0.15, 0.2) is 5.82 Å². The Hall–Kier alpha value is -3.24. The standard InChI is InChI=1S/C21H17N3O3S/c1-12-9-16-11-26-21(25)17(16)10-15(12)6-7-18-19(5-4-8-22-18)28-24-20-13(2)14(3)27-23-20/h4-5,8-10H,11H2,1-3H3,(H,23,24). The molecule has 0 atom stereocenters. The number of aryl methyl sites for hydroxylation is 2. The molecule has 0 saturated carbocycles. The molecule has 1 aliphatic rings. The van der Waals surface area contributed by atoms with Gasteiger partial charge in [0.2, 0.25) is 0 Å². The minimum atomic E-state index is -0.297. The first-order chi connectivity index (χ1) is 13.5. The summed E-state index contributed by atoms with van der Waals surface area (Å²) in [5, 5.41) is 4.00. The zero-order chi connectivity index (χ0) is 19.7. The van der Waals surface area contributed by atoms with E-state index < -0.39 is 0 Å². The lowest BCUT2D eigenvalue weighted by Gasteiger charge is -2.04. The summed E-state index contributed by atoms with van der Waals surface area (Å²) >= 11 is 1.38. The number of carbonyl (C=O) groups excluding carboxylic acids is 1. The van der Waals surface area contributed by atoms with Gasteiger partial charge in [-0.3, -0.25) is 0 Å². The van der Waals surface area contributed by atoms with Crippen molar-refractivity contribution in [2.24, 2.45) is 0 Å². The third kappa shape index (κ3) is 3.47. The molecule has 1 aromatic carbocycles. The second-order valence-electron chi connectivity index (χ2n) is 6.42. The number of rotatable bonds is 3. The van der Waals surface area contributed by atoms with Gasteiger partial charge >= 0.3 is 5.97 Å². The Labute approximate surface area is 166 Å². The number of cyclic esters (lactones) is 1. The van der Waals surface area contributed by atoms with Gasteiger partial charge in [-0.15, -0.1) is 0 Å². The summed E-state index contributed by atoms with van der Waals surface area (Å²) in [6, 6.07) is 7.54. The Bertz CT molecular complexity index is 1140. The fourth-order valence-electron chi connectivity index (χ4n) is 2.74. The number of aromatic nitrogens is 2. The zero-order valence-electron chi connectivity index (χ0n) is 15.6. The van der Waals surface area contributed by atoms with Crippen LogP contribution in [0.5, 0.6) is 0 Å². The van der Waals surface area contributed by atoms with Crippen LogP contribution in [0, 0.1) is 32.6 Å². The molecule has 4 rings (SSSR count). The van der Waals surface area contributed by atoms with Crippen LogP contribution in [0.3, 0.4) is 0 Å². The number of nitrogens with one attached hydrogen (secondary N) is 1. The number of esters is 1. The van der Waals surface area contributed by atoms with Crippen molar-refractivity contribution in [3.63, 3.8) is 0 Å². The predicted octanol–water partition coefficient (Wildman–Crippen LogP) is 4.18. The van der Waals surface area contributed by atoms with Gasteiger partial charge in [0.25, 0.3) is 0 Å². The maximum atomic E-state index is 11.8. The first-order valence-corrected chi connectivity index (χ1v) is 9.48. The van der Waals surface area contributed by atoms with Crippen LogP contribution in [0.2, 0.25) is 0 Å². The van der Waals surface area contributed by atoms with E-state index in [2.05, 4.69) is 26.7 Å². The topological polar surface area (TPSA) is 77.3 Å². The Morgan fingerprint density at radius 3 is 2.86 bits per heavy atom. The highest BCUT2D eigenvalue weighted by Gasteiger charge is 2.22. The van der Waals surface area contributed by atoms with Crippen molar-refractivity contribution in [2.75, 3.05) is 4.72 Å².